The SMILES string of the molecule is CCS(=O)(=O)N1CCC(C(=O)N(CCO)CCOC)CC1. The van der Waals surface area contributed by atoms with Crippen LogP contribution in [-0.2, 0) is 19.6 Å². The monoisotopic (exact) mass is 322 g/mol. The van der Waals surface area contributed by atoms with Crippen LogP contribution in [0.3, 0.4) is 0 Å². The number of hydrogen-bond donors (Lipinski definition) is 1. The number of ether oxygens (including phenoxy) is 1. The summed E-state index contributed by atoms with van der Waals surface area (Å²) in [5.74, 6) is -0.0952. The van der Waals surface area contributed by atoms with Gasteiger partial charge >= 0.3 is 0 Å². The molecule has 0 unspecified atom stereocenters. The quantitative estimate of drug-likeness (QED) is 0.652. The van der Waals surface area contributed by atoms with Crippen LogP contribution < -0.4 is 0 Å². The van der Waals surface area contributed by atoms with Crippen LogP contribution in [0.2, 0.25) is 0 Å². The van der Waals surface area contributed by atoms with E-state index < -0.39 is 10.0 Å². The van der Waals surface area contributed by atoms with Crippen molar-refractivity contribution in [2.75, 3.05) is 52.3 Å². The van der Waals surface area contributed by atoms with Crippen LogP contribution in [0.15, 0.2) is 0 Å². The molecule has 1 heterocycles. The number of aliphatic hydroxyl groups is 1. The maximum absolute atomic E-state index is 12.4. The van der Waals surface area contributed by atoms with Crippen molar-refractivity contribution in [3.8, 4) is 0 Å². The number of rotatable bonds is 8. The van der Waals surface area contributed by atoms with E-state index in [0.29, 0.717) is 39.1 Å². The molecule has 7 nitrogen and oxygen atoms in total. The first-order valence-corrected chi connectivity index (χ1v) is 8.93. The maximum Gasteiger partial charge on any atom is 0.225 e. The fourth-order valence-electron chi connectivity index (χ4n) is 2.48. The van der Waals surface area contributed by atoms with Crippen molar-refractivity contribution in [3.63, 3.8) is 0 Å². The average Bonchev–Trinajstić information content (AvgIpc) is 2.51. The second-order valence-corrected chi connectivity index (χ2v) is 7.37. The molecule has 0 atom stereocenters. The second-order valence-electron chi connectivity index (χ2n) is 5.12. The van der Waals surface area contributed by atoms with Crippen LogP contribution in [-0.4, -0.2) is 80.9 Å². The fourth-order valence-corrected chi connectivity index (χ4v) is 3.61. The van der Waals surface area contributed by atoms with Gasteiger partial charge in [0.2, 0.25) is 15.9 Å². The largest absolute Gasteiger partial charge is 0.395 e. The van der Waals surface area contributed by atoms with Crippen LogP contribution in [0.5, 0.6) is 0 Å². The van der Waals surface area contributed by atoms with E-state index in [2.05, 4.69) is 0 Å². The Hall–Kier alpha value is -0.700. The summed E-state index contributed by atoms with van der Waals surface area (Å²) in [7, 11) is -1.60. The Labute approximate surface area is 126 Å². The number of amides is 1. The molecule has 0 saturated carbocycles. The summed E-state index contributed by atoms with van der Waals surface area (Å²) < 4.78 is 30.0. The van der Waals surface area contributed by atoms with Gasteiger partial charge in [0, 0.05) is 39.2 Å². The van der Waals surface area contributed by atoms with Crippen molar-refractivity contribution in [3.05, 3.63) is 0 Å². The number of nitrogens with zero attached hydrogens (tertiary/aromatic N) is 2. The lowest BCUT2D eigenvalue weighted by Gasteiger charge is -2.33. The minimum Gasteiger partial charge on any atom is -0.395 e. The number of hydrogen-bond acceptors (Lipinski definition) is 5. The molecule has 124 valence electrons. The molecule has 1 amide bonds. The molecule has 0 aromatic carbocycles. The highest BCUT2D eigenvalue weighted by atomic mass is 32.2. The Morgan fingerprint density at radius 2 is 1.95 bits per heavy atom. The first-order valence-electron chi connectivity index (χ1n) is 7.32. The van der Waals surface area contributed by atoms with Gasteiger partial charge in [-0.1, -0.05) is 0 Å². The third-order valence-electron chi connectivity index (χ3n) is 3.81. The number of sulfonamides is 1. The highest BCUT2D eigenvalue weighted by Crippen LogP contribution is 2.21. The number of methoxy groups -OCH3 is 1. The Morgan fingerprint density at radius 3 is 2.43 bits per heavy atom. The molecule has 0 bridgehead atoms. The van der Waals surface area contributed by atoms with E-state index in [1.54, 1.807) is 18.9 Å². The van der Waals surface area contributed by atoms with Crippen LogP contribution in [0.25, 0.3) is 0 Å². The predicted molar refractivity (Wildman–Crippen MR) is 79.3 cm³/mol. The number of piperidine rings is 1. The van der Waals surface area contributed by atoms with Gasteiger partial charge in [-0.2, -0.15) is 0 Å². The van der Waals surface area contributed by atoms with E-state index in [1.807, 2.05) is 0 Å². The standard InChI is InChI=1S/C13H26N2O5S/c1-3-21(18,19)15-6-4-12(5-7-15)13(17)14(8-10-16)9-11-20-2/h12,16H,3-11H2,1-2H3. The molecule has 1 saturated heterocycles. The van der Waals surface area contributed by atoms with E-state index in [9.17, 15) is 13.2 Å². The van der Waals surface area contributed by atoms with Crippen molar-refractivity contribution in [1.82, 2.24) is 9.21 Å². The van der Waals surface area contributed by atoms with Gasteiger partial charge in [0.05, 0.1) is 19.0 Å². The van der Waals surface area contributed by atoms with Crippen molar-refractivity contribution in [2.45, 2.75) is 19.8 Å². The molecule has 21 heavy (non-hydrogen) atoms. The van der Waals surface area contributed by atoms with Crippen LogP contribution in [0, 0.1) is 5.92 Å². The number of carbonyl (C=O) groups is 1. The Balaban J connectivity index is 2.57. The zero-order valence-corrected chi connectivity index (χ0v) is 13.6. The average molecular weight is 322 g/mol. The summed E-state index contributed by atoms with van der Waals surface area (Å²) in [6.07, 6.45) is 1.07. The fraction of sp³-hybridized carbons (Fsp3) is 0.923. The van der Waals surface area contributed by atoms with Crippen LogP contribution in [0.4, 0.5) is 0 Å². The molecule has 0 aromatic heterocycles. The maximum atomic E-state index is 12.4. The molecule has 1 aliphatic heterocycles. The summed E-state index contributed by atoms with van der Waals surface area (Å²) in [5.41, 5.74) is 0. The van der Waals surface area contributed by atoms with Gasteiger partial charge in [0.25, 0.3) is 0 Å². The third-order valence-corrected chi connectivity index (χ3v) is 5.69. The minimum atomic E-state index is -3.17. The molecule has 1 N–H and O–H groups in total. The number of carbonyl (C=O) groups excluding carboxylic acids is 1. The summed E-state index contributed by atoms with van der Waals surface area (Å²) in [4.78, 5) is 14.0. The zero-order valence-electron chi connectivity index (χ0n) is 12.8. The normalized spacial score (nSPS) is 17.9. The highest BCUT2D eigenvalue weighted by molar-refractivity contribution is 7.89. The zero-order chi connectivity index (χ0) is 15.9. The van der Waals surface area contributed by atoms with Gasteiger partial charge in [0.15, 0.2) is 0 Å². The van der Waals surface area contributed by atoms with Gasteiger partial charge in [-0.3, -0.25) is 4.79 Å². The van der Waals surface area contributed by atoms with Gasteiger partial charge in [-0.25, -0.2) is 12.7 Å². The Morgan fingerprint density at radius 1 is 1.33 bits per heavy atom. The van der Waals surface area contributed by atoms with Gasteiger partial charge in [0.1, 0.15) is 0 Å². The smallest absolute Gasteiger partial charge is 0.225 e. The molecular weight excluding hydrogens is 296 g/mol. The summed E-state index contributed by atoms with van der Waals surface area (Å²) in [6, 6.07) is 0. The van der Waals surface area contributed by atoms with Gasteiger partial charge in [-0.05, 0) is 19.8 Å². The van der Waals surface area contributed by atoms with E-state index in [1.165, 1.54) is 4.31 Å². The lowest BCUT2D eigenvalue weighted by atomic mass is 9.96. The van der Waals surface area contributed by atoms with E-state index >= 15 is 0 Å². The first kappa shape index (κ1) is 18.3. The summed E-state index contributed by atoms with van der Waals surface area (Å²) >= 11 is 0. The summed E-state index contributed by atoms with van der Waals surface area (Å²) in [6.45, 7) is 3.49. The second kappa shape index (κ2) is 8.67. The minimum absolute atomic E-state index is 0.0188. The van der Waals surface area contributed by atoms with Crippen molar-refractivity contribution in [1.29, 1.82) is 0 Å². The molecular formula is C13H26N2O5S. The molecule has 0 aliphatic carbocycles. The summed E-state index contributed by atoms with van der Waals surface area (Å²) in [5, 5.41) is 9.04. The van der Waals surface area contributed by atoms with Crippen molar-refractivity contribution >= 4 is 15.9 Å². The van der Waals surface area contributed by atoms with Crippen molar-refractivity contribution < 1.29 is 23.1 Å². The Kier molecular flexibility index (Phi) is 7.58. The van der Waals surface area contributed by atoms with Gasteiger partial charge in [-0.15, -0.1) is 0 Å². The van der Waals surface area contributed by atoms with E-state index in [0.717, 1.165) is 0 Å². The van der Waals surface area contributed by atoms with E-state index in [4.69, 9.17) is 9.84 Å². The lowest BCUT2D eigenvalue weighted by Crippen LogP contribution is -2.46. The topological polar surface area (TPSA) is 87.2 Å². The first-order chi connectivity index (χ1) is 9.96. The van der Waals surface area contributed by atoms with E-state index in [-0.39, 0.29) is 30.7 Å². The van der Waals surface area contributed by atoms with Gasteiger partial charge < -0.3 is 14.7 Å². The molecule has 1 aliphatic rings. The molecule has 1 rings (SSSR count). The van der Waals surface area contributed by atoms with Crippen LogP contribution >= 0.6 is 0 Å². The predicted octanol–water partition coefficient (Wildman–Crippen LogP) is -0.485. The third kappa shape index (κ3) is 5.21. The lowest BCUT2D eigenvalue weighted by molar-refractivity contribution is -0.137. The molecule has 0 spiro atoms. The van der Waals surface area contributed by atoms with Crippen LogP contribution in [0.1, 0.15) is 19.8 Å². The number of aliphatic hydroxyl groups excluding tert-OH is 1. The molecule has 0 radical (unpaired) electrons. The van der Waals surface area contributed by atoms with Crippen molar-refractivity contribution in [2.24, 2.45) is 5.92 Å². The molecule has 1 fully saturated rings. The Bertz CT molecular complexity index is 418. The molecule has 0 aromatic rings. The highest BCUT2D eigenvalue weighted by Gasteiger charge is 2.32. The molecule has 8 heteroatoms.